The number of carbonyl (C=O) groups excluding carboxylic acids is 1. The SMILES string of the molecule is Cc1nc(CCNC(=O)N2CCOC[C@H](CN(C)C)C2)nc2c1CCCC2. The van der Waals surface area contributed by atoms with Crippen LogP contribution in [0.1, 0.15) is 35.6 Å². The van der Waals surface area contributed by atoms with E-state index >= 15 is 0 Å². The normalized spacial score (nSPS) is 20.3. The van der Waals surface area contributed by atoms with Crippen molar-refractivity contribution >= 4 is 6.03 Å². The van der Waals surface area contributed by atoms with Gasteiger partial charge < -0.3 is 19.9 Å². The molecule has 150 valence electrons. The number of nitrogens with zero attached hydrogens (tertiary/aromatic N) is 4. The number of fused-ring (bicyclic) bond motifs is 1. The second-order valence-corrected chi connectivity index (χ2v) is 7.99. The number of carbonyl (C=O) groups is 1. The summed E-state index contributed by atoms with van der Waals surface area (Å²) in [5.74, 6) is 1.19. The van der Waals surface area contributed by atoms with Crippen molar-refractivity contribution in [3.8, 4) is 0 Å². The number of rotatable bonds is 5. The van der Waals surface area contributed by atoms with Crippen molar-refractivity contribution in [1.82, 2.24) is 25.1 Å². The first-order valence-corrected chi connectivity index (χ1v) is 10.1. The highest BCUT2D eigenvalue weighted by Gasteiger charge is 2.23. The molecule has 1 aromatic heterocycles. The van der Waals surface area contributed by atoms with Crippen LogP contribution in [0.2, 0.25) is 0 Å². The number of aryl methyl sites for hydroxylation is 2. The lowest BCUT2D eigenvalue weighted by Crippen LogP contribution is -2.44. The first-order chi connectivity index (χ1) is 13.0. The molecule has 1 N–H and O–H groups in total. The van der Waals surface area contributed by atoms with Gasteiger partial charge in [-0.15, -0.1) is 0 Å². The molecular weight excluding hydrogens is 342 g/mol. The molecule has 1 aromatic rings. The smallest absolute Gasteiger partial charge is 0.317 e. The summed E-state index contributed by atoms with van der Waals surface area (Å²) in [6, 6.07) is -0.0149. The number of aromatic nitrogens is 2. The second-order valence-electron chi connectivity index (χ2n) is 7.99. The van der Waals surface area contributed by atoms with Gasteiger partial charge in [-0.05, 0) is 52.3 Å². The van der Waals surface area contributed by atoms with E-state index in [1.807, 2.05) is 4.90 Å². The molecule has 0 radical (unpaired) electrons. The third-order valence-corrected chi connectivity index (χ3v) is 5.31. The Morgan fingerprint density at radius 3 is 2.93 bits per heavy atom. The Bertz CT molecular complexity index is 650. The third-order valence-electron chi connectivity index (χ3n) is 5.31. The summed E-state index contributed by atoms with van der Waals surface area (Å²) < 4.78 is 5.66. The molecule has 1 atom stereocenters. The molecule has 3 rings (SSSR count). The Morgan fingerprint density at radius 1 is 1.30 bits per heavy atom. The van der Waals surface area contributed by atoms with Gasteiger partial charge in [-0.2, -0.15) is 0 Å². The molecule has 1 fully saturated rings. The summed E-state index contributed by atoms with van der Waals surface area (Å²) in [6.07, 6.45) is 5.28. The highest BCUT2D eigenvalue weighted by atomic mass is 16.5. The topological polar surface area (TPSA) is 70.6 Å². The summed E-state index contributed by atoms with van der Waals surface area (Å²) in [5.41, 5.74) is 3.66. The zero-order chi connectivity index (χ0) is 19.2. The fraction of sp³-hybridized carbons (Fsp3) is 0.750. The predicted molar refractivity (Wildman–Crippen MR) is 105 cm³/mol. The third kappa shape index (κ3) is 5.62. The number of nitrogens with one attached hydrogen (secondary N) is 1. The van der Waals surface area contributed by atoms with Crippen molar-refractivity contribution in [3.05, 3.63) is 22.8 Å². The van der Waals surface area contributed by atoms with Gasteiger partial charge in [0.1, 0.15) is 5.82 Å². The van der Waals surface area contributed by atoms with Crippen LogP contribution in [0.3, 0.4) is 0 Å². The standard InChI is InChI=1S/C20H33N5O2/c1-15-17-6-4-5-7-18(17)23-19(22-15)8-9-21-20(26)25-10-11-27-14-16(13-25)12-24(2)3/h16H,4-14H2,1-3H3,(H,21,26)/t16-/m1/s1. The highest BCUT2D eigenvalue weighted by Crippen LogP contribution is 2.21. The monoisotopic (exact) mass is 375 g/mol. The molecule has 1 saturated heterocycles. The van der Waals surface area contributed by atoms with Crippen LogP contribution in [0.25, 0.3) is 0 Å². The Morgan fingerprint density at radius 2 is 2.11 bits per heavy atom. The van der Waals surface area contributed by atoms with Crippen molar-refractivity contribution < 1.29 is 9.53 Å². The summed E-state index contributed by atoms with van der Waals surface area (Å²) in [6.45, 7) is 6.26. The van der Waals surface area contributed by atoms with Gasteiger partial charge in [-0.3, -0.25) is 0 Å². The van der Waals surface area contributed by atoms with Crippen LogP contribution < -0.4 is 5.32 Å². The zero-order valence-electron chi connectivity index (χ0n) is 17.0. The van der Waals surface area contributed by atoms with Crippen molar-refractivity contribution in [2.45, 2.75) is 39.0 Å². The van der Waals surface area contributed by atoms with Gasteiger partial charge in [0.15, 0.2) is 0 Å². The van der Waals surface area contributed by atoms with E-state index in [0.29, 0.717) is 38.6 Å². The summed E-state index contributed by atoms with van der Waals surface area (Å²) in [4.78, 5) is 26.0. The minimum atomic E-state index is -0.0149. The molecule has 2 aliphatic rings. The molecule has 1 aliphatic heterocycles. The quantitative estimate of drug-likeness (QED) is 0.843. The van der Waals surface area contributed by atoms with Crippen LogP contribution in [0.15, 0.2) is 0 Å². The van der Waals surface area contributed by atoms with E-state index in [-0.39, 0.29) is 6.03 Å². The molecule has 0 unspecified atom stereocenters. The van der Waals surface area contributed by atoms with Crippen LogP contribution in [-0.4, -0.2) is 79.3 Å². The van der Waals surface area contributed by atoms with E-state index in [0.717, 1.165) is 37.4 Å². The number of urea groups is 1. The molecule has 2 heterocycles. The summed E-state index contributed by atoms with van der Waals surface area (Å²) in [7, 11) is 4.10. The minimum Gasteiger partial charge on any atom is -0.379 e. The predicted octanol–water partition coefficient (Wildman–Crippen LogP) is 1.43. The van der Waals surface area contributed by atoms with Gasteiger partial charge in [0, 0.05) is 49.9 Å². The van der Waals surface area contributed by atoms with Crippen molar-refractivity contribution in [1.29, 1.82) is 0 Å². The van der Waals surface area contributed by atoms with E-state index in [4.69, 9.17) is 9.72 Å². The molecule has 0 spiro atoms. The van der Waals surface area contributed by atoms with Crippen molar-refractivity contribution in [2.24, 2.45) is 5.92 Å². The van der Waals surface area contributed by atoms with Crippen LogP contribution in [0, 0.1) is 12.8 Å². The molecule has 1 aliphatic carbocycles. The number of amides is 2. The minimum absolute atomic E-state index is 0.0149. The number of hydrogen-bond acceptors (Lipinski definition) is 5. The van der Waals surface area contributed by atoms with Crippen molar-refractivity contribution in [2.75, 3.05) is 53.5 Å². The van der Waals surface area contributed by atoms with Gasteiger partial charge >= 0.3 is 6.03 Å². The lowest BCUT2D eigenvalue weighted by molar-refractivity contribution is 0.112. The molecule has 7 heteroatoms. The maximum Gasteiger partial charge on any atom is 0.317 e. The maximum atomic E-state index is 12.6. The highest BCUT2D eigenvalue weighted by molar-refractivity contribution is 5.74. The summed E-state index contributed by atoms with van der Waals surface area (Å²) in [5, 5.41) is 3.04. The Hall–Kier alpha value is -1.73. The number of ether oxygens (including phenoxy) is 1. The molecular formula is C20H33N5O2. The lowest BCUT2D eigenvalue weighted by Gasteiger charge is -2.25. The average molecular weight is 376 g/mol. The first kappa shape index (κ1) is 20.0. The molecule has 27 heavy (non-hydrogen) atoms. The first-order valence-electron chi connectivity index (χ1n) is 10.1. The number of hydrogen-bond donors (Lipinski definition) is 1. The molecule has 0 bridgehead atoms. The second kappa shape index (κ2) is 9.46. The Labute approximate surface area is 162 Å². The largest absolute Gasteiger partial charge is 0.379 e. The molecule has 0 saturated carbocycles. The van der Waals surface area contributed by atoms with Crippen LogP contribution in [0.4, 0.5) is 4.79 Å². The van der Waals surface area contributed by atoms with Gasteiger partial charge in [0.05, 0.1) is 13.2 Å². The van der Waals surface area contributed by atoms with E-state index in [1.54, 1.807) is 0 Å². The van der Waals surface area contributed by atoms with E-state index in [9.17, 15) is 4.79 Å². The zero-order valence-corrected chi connectivity index (χ0v) is 17.0. The fourth-order valence-corrected chi connectivity index (χ4v) is 4.04. The maximum absolute atomic E-state index is 12.6. The van der Waals surface area contributed by atoms with Crippen molar-refractivity contribution in [3.63, 3.8) is 0 Å². The Balaban J connectivity index is 1.51. The van der Waals surface area contributed by atoms with E-state index in [1.165, 1.54) is 24.1 Å². The lowest BCUT2D eigenvalue weighted by atomic mass is 9.95. The van der Waals surface area contributed by atoms with Gasteiger partial charge in [0.2, 0.25) is 0 Å². The molecule has 0 aromatic carbocycles. The Kier molecular flexibility index (Phi) is 7.01. The fourth-order valence-electron chi connectivity index (χ4n) is 4.04. The van der Waals surface area contributed by atoms with Crippen LogP contribution in [0.5, 0.6) is 0 Å². The van der Waals surface area contributed by atoms with E-state index < -0.39 is 0 Å². The molecule has 7 nitrogen and oxygen atoms in total. The van der Waals surface area contributed by atoms with Gasteiger partial charge in [-0.1, -0.05) is 0 Å². The van der Waals surface area contributed by atoms with E-state index in [2.05, 4.69) is 36.2 Å². The van der Waals surface area contributed by atoms with Crippen LogP contribution >= 0.6 is 0 Å². The van der Waals surface area contributed by atoms with Crippen LogP contribution in [-0.2, 0) is 24.0 Å². The average Bonchev–Trinajstić information content (AvgIpc) is 2.87. The summed E-state index contributed by atoms with van der Waals surface area (Å²) >= 11 is 0. The van der Waals surface area contributed by atoms with Gasteiger partial charge in [0.25, 0.3) is 0 Å². The van der Waals surface area contributed by atoms with Gasteiger partial charge in [-0.25, -0.2) is 14.8 Å². The molecule has 2 amide bonds.